The molecule has 1 aromatic carbocycles. The highest BCUT2D eigenvalue weighted by atomic mass is 35.5. The molecule has 4 rings (SSSR count). The number of phenolic OH excluding ortho intramolecular Hbond substituents is 1. The molecule has 0 aliphatic heterocycles. The third-order valence-corrected chi connectivity index (χ3v) is 12.4. The summed E-state index contributed by atoms with van der Waals surface area (Å²) in [6.45, 7) is 10.9. The van der Waals surface area contributed by atoms with Gasteiger partial charge in [-0.1, -0.05) is 78.2 Å². The second-order valence-electron chi connectivity index (χ2n) is 15.3. The van der Waals surface area contributed by atoms with Crippen molar-refractivity contribution < 1.29 is 27.1 Å². The molecule has 0 spiro atoms. The van der Waals surface area contributed by atoms with Gasteiger partial charge in [0.15, 0.2) is 0 Å². The number of quaternary nitrogens is 1. The molecule has 42 heavy (non-hydrogen) atoms. The summed E-state index contributed by atoms with van der Waals surface area (Å²) in [5, 5.41) is 22.3. The van der Waals surface area contributed by atoms with Crippen LogP contribution in [0.15, 0.2) is 18.2 Å². The fraction of sp³-hybridized carbons (Fsp3) is 0.842. The zero-order chi connectivity index (χ0) is 29.3. The van der Waals surface area contributed by atoms with E-state index in [0.29, 0.717) is 23.5 Å². The number of halogens is 1. The number of hydrogen-bond donors (Lipinski definition) is 2. The lowest BCUT2D eigenvalue weighted by Gasteiger charge is -2.53. The smallest absolute Gasteiger partial charge is 0.115 e. The highest BCUT2D eigenvalue weighted by Crippen LogP contribution is 2.65. The first-order chi connectivity index (χ1) is 19.8. The van der Waals surface area contributed by atoms with Crippen LogP contribution >= 0.6 is 0 Å². The summed E-state index contributed by atoms with van der Waals surface area (Å²) in [6.07, 6.45) is 25.5. The maximum absolute atomic E-state index is 12.3. The van der Waals surface area contributed by atoms with E-state index in [1.807, 2.05) is 12.1 Å². The molecule has 0 radical (unpaired) electrons. The first kappa shape index (κ1) is 35.7. The van der Waals surface area contributed by atoms with Crippen LogP contribution in [0.4, 0.5) is 0 Å². The van der Waals surface area contributed by atoms with Gasteiger partial charge in [0.1, 0.15) is 5.75 Å². The summed E-state index contributed by atoms with van der Waals surface area (Å²) in [4.78, 5) is 0. The number of aliphatic hydroxyl groups is 1. The van der Waals surface area contributed by atoms with Crippen molar-refractivity contribution in [3.63, 3.8) is 0 Å². The number of rotatable bonds is 18. The number of fused-ring (bicyclic) bond motifs is 5. The predicted molar refractivity (Wildman–Crippen MR) is 174 cm³/mol. The quantitative estimate of drug-likeness (QED) is 0.141. The van der Waals surface area contributed by atoms with Gasteiger partial charge in [0.05, 0.1) is 32.3 Å². The van der Waals surface area contributed by atoms with E-state index in [1.165, 1.54) is 132 Å². The summed E-state index contributed by atoms with van der Waals surface area (Å²) in [7, 11) is 2.53. The van der Waals surface area contributed by atoms with Crippen molar-refractivity contribution in [2.24, 2.45) is 17.3 Å². The maximum Gasteiger partial charge on any atom is 0.115 e. The highest BCUT2D eigenvalue weighted by molar-refractivity contribution is 5.40. The Morgan fingerprint density at radius 3 is 2.02 bits per heavy atom. The lowest BCUT2D eigenvalue weighted by molar-refractivity contribution is -0.910. The summed E-state index contributed by atoms with van der Waals surface area (Å²) in [6, 6.07) is 6.11. The molecule has 5 atom stereocenters. The number of nitrogens with zero attached hydrogens (tertiary/aromatic N) is 1. The molecule has 3 nitrogen and oxygen atoms in total. The first-order valence-electron chi connectivity index (χ1n) is 18.1. The van der Waals surface area contributed by atoms with Crippen molar-refractivity contribution in [2.75, 3.05) is 26.7 Å². The average Bonchev–Trinajstić information content (AvgIpc) is 3.22. The first-order valence-corrected chi connectivity index (χ1v) is 18.1. The molecule has 0 saturated heterocycles. The van der Waals surface area contributed by atoms with Gasteiger partial charge in [-0.2, -0.15) is 0 Å². The highest BCUT2D eigenvalue weighted by Gasteiger charge is 2.61. The van der Waals surface area contributed by atoms with Gasteiger partial charge in [-0.05, 0) is 123 Å². The van der Waals surface area contributed by atoms with Crippen molar-refractivity contribution in [3.8, 4) is 5.75 Å². The van der Waals surface area contributed by atoms with E-state index in [-0.39, 0.29) is 17.8 Å². The standard InChI is InChI=1S/C38H65NO2.ClH/c1-5-7-9-11-13-15-27-39(4,28-16-14-12-10-8-6-2)29-17-24-38(41)26-23-36-35-20-18-31-30-32(40)19-21-33(31)34(35)22-25-37(36,38)3;/h19,21,30,34-36,41H,5-18,20,22-29H2,1-4H3;1H/t34-,35-,36+,37+,38+;/m1./s1. The van der Waals surface area contributed by atoms with Gasteiger partial charge in [-0.15, -0.1) is 0 Å². The van der Waals surface area contributed by atoms with Gasteiger partial charge < -0.3 is 27.1 Å². The van der Waals surface area contributed by atoms with E-state index >= 15 is 0 Å². The summed E-state index contributed by atoms with van der Waals surface area (Å²) in [5.41, 5.74) is 2.43. The van der Waals surface area contributed by atoms with E-state index < -0.39 is 5.60 Å². The molecule has 3 aliphatic rings. The summed E-state index contributed by atoms with van der Waals surface area (Å²) in [5.74, 6) is 2.37. The Kier molecular flexibility index (Phi) is 14.0. The summed E-state index contributed by atoms with van der Waals surface area (Å²) < 4.78 is 1.21. The van der Waals surface area contributed by atoms with Crippen LogP contribution in [-0.2, 0) is 6.42 Å². The second kappa shape index (κ2) is 16.5. The summed E-state index contributed by atoms with van der Waals surface area (Å²) >= 11 is 0. The average molecular weight is 604 g/mol. The van der Waals surface area contributed by atoms with E-state index in [4.69, 9.17) is 0 Å². The minimum absolute atomic E-state index is 0. The predicted octanol–water partition coefficient (Wildman–Crippen LogP) is 6.93. The minimum Gasteiger partial charge on any atom is -1.00 e. The Hall–Kier alpha value is -0.770. The number of hydrogen-bond acceptors (Lipinski definition) is 2. The monoisotopic (exact) mass is 603 g/mol. The van der Waals surface area contributed by atoms with Crippen LogP contribution in [0.5, 0.6) is 5.75 Å². The van der Waals surface area contributed by atoms with Crippen LogP contribution < -0.4 is 12.4 Å². The molecule has 0 bridgehead atoms. The topological polar surface area (TPSA) is 40.5 Å². The van der Waals surface area contributed by atoms with Crippen molar-refractivity contribution in [1.29, 1.82) is 0 Å². The molecular weight excluding hydrogens is 538 g/mol. The number of phenols is 1. The van der Waals surface area contributed by atoms with Crippen molar-refractivity contribution >= 4 is 0 Å². The normalized spacial score (nSPS) is 28.5. The number of benzene rings is 1. The number of aryl methyl sites for hydroxylation is 1. The fourth-order valence-corrected chi connectivity index (χ4v) is 9.73. The molecule has 0 aromatic heterocycles. The van der Waals surface area contributed by atoms with Crippen LogP contribution in [0.2, 0.25) is 0 Å². The van der Waals surface area contributed by atoms with Crippen molar-refractivity contribution in [2.45, 2.75) is 161 Å². The zero-order valence-corrected chi connectivity index (χ0v) is 28.7. The number of aromatic hydroxyl groups is 1. The van der Waals surface area contributed by atoms with E-state index in [1.54, 1.807) is 0 Å². The van der Waals surface area contributed by atoms with Gasteiger partial charge in [-0.3, -0.25) is 0 Å². The Balaban J connectivity index is 0.00000484. The molecular formula is C38H66ClNO2. The minimum atomic E-state index is -0.497. The molecule has 0 amide bonds. The van der Waals surface area contributed by atoms with E-state index in [0.717, 1.165) is 32.1 Å². The molecule has 2 saturated carbocycles. The third-order valence-electron chi connectivity index (χ3n) is 12.4. The SMILES string of the molecule is CCCCCCCC[N+](C)(CCCCCCCC)CCC[C@]1(O)CC[C@H]2[C@@H]3CCc4cc(O)ccc4[C@H]3CC[C@@]21C.[Cl-]. The van der Waals surface area contributed by atoms with Gasteiger partial charge in [0.25, 0.3) is 0 Å². The van der Waals surface area contributed by atoms with Crippen LogP contribution in [0.25, 0.3) is 0 Å². The van der Waals surface area contributed by atoms with Crippen LogP contribution in [0.3, 0.4) is 0 Å². The van der Waals surface area contributed by atoms with Gasteiger partial charge in [0, 0.05) is 0 Å². The Bertz CT molecular complexity index is 920. The lowest BCUT2D eigenvalue weighted by Crippen LogP contribution is -3.00. The Morgan fingerprint density at radius 2 is 1.38 bits per heavy atom. The van der Waals surface area contributed by atoms with Crippen LogP contribution in [0, 0.1) is 17.3 Å². The molecule has 0 unspecified atom stereocenters. The van der Waals surface area contributed by atoms with E-state index in [2.05, 4.69) is 33.9 Å². The Labute approximate surface area is 266 Å². The molecule has 3 aliphatic carbocycles. The van der Waals surface area contributed by atoms with Crippen LogP contribution in [-0.4, -0.2) is 47.0 Å². The molecule has 242 valence electrons. The zero-order valence-electron chi connectivity index (χ0n) is 27.9. The molecule has 0 heterocycles. The number of unbranched alkanes of at least 4 members (excludes halogenated alkanes) is 10. The van der Waals surface area contributed by atoms with E-state index in [9.17, 15) is 10.2 Å². The third kappa shape index (κ3) is 8.48. The van der Waals surface area contributed by atoms with Gasteiger partial charge in [0.2, 0.25) is 0 Å². The van der Waals surface area contributed by atoms with Crippen LogP contribution in [0.1, 0.15) is 160 Å². The van der Waals surface area contributed by atoms with Crippen molar-refractivity contribution in [3.05, 3.63) is 29.3 Å². The van der Waals surface area contributed by atoms with Crippen molar-refractivity contribution in [1.82, 2.24) is 0 Å². The molecule has 2 fully saturated rings. The molecule has 4 heteroatoms. The Morgan fingerprint density at radius 1 is 0.786 bits per heavy atom. The largest absolute Gasteiger partial charge is 1.00 e. The van der Waals surface area contributed by atoms with Gasteiger partial charge >= 0.3 is 0 Å². The maximum atomic E-state index is 12.3. The van der Waals surface area contributed by atoms with Gasteiger partial charge in [-0.25, -0.2) is 0 Å². The lowest BCUT2D eigenvalue weighted by atomic mass is 9.53. The second-order valence-corrected chi connectivity index (χ2v) is 15.3. The molecule has 1 aromatic rings. The fourth-order valence-electron chi connectivity index (χ4n) is 9.73. The molecule has 2 N–H and O–H groups in total.